The van der Waals surface area contributed by atoms with Crippen LogP contribution in [0.3, 0.4) is 0 Å². The molecule has 0 amide bonds. The van der Waals surface area contributed by atoms with Crippen LogP contribution in [0.15, 0.2) is 0 Å². The second kappa shape index (κ2) is 4.73. The van der Waals surface area contributed by atoms with Crippen molar-refractivity contribution in [1.29, 1.82) is 0 Å². The Morgan fingerprint density at radius 2 is 2.36 bits per heavy atom. The maximum absolute atomic E-state index is 5.68. The summed E-state index contributed by atoms with van der Waals surface area (Å²) < 4.78 is 5.68. The maximum atomic E-state index is 5.68. The fourth-order valence-corrected chi connectivity index (χ4v) is 1.29. The fourth-order valence-electron chi connectivity index (χ4n) is 1.29. The number of piperidine rings is 1. The Kier molecular flexibility index (Phi) is 3.87. The Hall–Kier alpha value is -0.0800. The zero-order chi connectivity index (χ0) is 8.10. The summed E-state index contributed by atoms with van der Waals surface area (Å²) in [6, 6.07) is 0. The third-order valence-electron chi connectivity index (χ3n) is 1.92. The predicted octanol–water partition coefficient (Wildman–Crippen LogP) is 1.41. The molecular weight excluding hydrogens is 138 g/mol. The molecule has 0 saturated carbocycles. The van der Waals surface area contributed by atoms with Crippen LogP contribution in [0.4, 0.5) is 0 Å². The van der Waals surface area contributed by atoms with Gasteiger partial charge in [-0.05, 0) is 25.3 Å². The van der Waals surface area contributed by atoms with Gasteiger partial charge in [0.2, 0.25) is 0 Å². The largest absolute Gasteiger partial charge is 0.377 e. The molecule has 2 heteroatoms. The molecular formula is C9H19NO. The van der Waals surface area contributed by atoms with Crippen LogP contribution < -0.4 is 5.32 Å². The van der Waals surface area contributed by atoms with Gasteiger partial charge in [-0.15, -0.1) is 0 Å². The fraction of sp³-hybridized carbons (Fsp3) is 1.00. The van der Waals surface area contributed by atoms with Gasteiger partial charge in [0.25, 0.3) is 0 Å². The van der Waals surface area contributed by atoms with Gasteiger partial charge in [0, 0.05) is 13.2 Å². The molecule has 1 N–H and O–H groups in total. The van der Waals surface area contributed by atoms with E-state index in [2.05, 4.69) is 19.2 Å². The smallest absolute Gasteiger partial charge is 0.0700 e. The monoisotopic (exact) mass is 157 g/mol. The van der Waals surface area contributed by atoms with Crippen LogP contribution in [-0.4, -0.2) is 25.8 Å². The summed E-state index contributed by atoms with van der Waals surface area (Å²) in [5.41, 5.74) is 0. The Balaban J connectivity index is 2.05. The van der Waals surface area contributed by atoms with Gasteiger partial charge in [0.1, 0.15) is 0 Å². The first-order valence-corrected chi connectivity index (χ1v) is 4.61. The number of hydrogen-bond acceptors (Lipinski definition) is 2. The molecule has 2 nitrogen and oxygen atoms in total. The van der Waals surface area contributed by atoms with Crippen molar-refractivity contribution in [3.63, 3.8) is 0 Å². The lowest BCUT2D eigenvalue weighted by Gasteiger charge is -2.23. The minimum absolute atomic E-state index is 0.478. The van der Waals surface area contributed by atoms with Crippen LogP contribution in [0, 0.1) is 5.92 Å². The lowest BCUT2D eigenvalue weighted by Crippen LogP contribution is -2.35. The van der Waals surface area contributed by atoms with Crippen LogP contribution in [0.5, 0.6) is 0 Å². The normalized spacial score (nSPS) is 25.9. The van der Waals surface area contributed by atoms with Crippen molar-refractivity contribution in [3.8, 4) is 0 Å². The average molecular weight is 157 g/mol. The van der Waals surface area contributed by atoms with E-state index in [1.54, 1.807) is 0 Å². The standard InChI is InChI=1S/C9H19NO/c1-8(2)7-11-9-4-3-5-10-6-9/h8-10H,3-7H2,1-2H3/t9-/m0/s1. The van der Waals surface area contributed by atoms with Crippen molar-refractivity contribution in [3.05, 3.63) is 0 Å². The Bertz CT molecular complexity index is 97.7. The van der Waals surface area contributed by atoms with Crippen molar-refractivity contribution >= 4 is 0 Å². The molecule has 1 fully saturated rings. The lowest BCUT2D eigenvalue weighted by molar-refractivity contribution is 0.0217. The highest BCUT2D eigenvalue weighted by atomic mass is 16.5. The minimum Gasteiger partial charge on any atom is -0.377 e. The van der Waals surface area contributed by atoms with Crippen molar-refractivity contribution in [2.75, 3.05) is 19.7 Å². The lowest BCUT2D eigenvalue weighted by atomic mass is 10.1. The van der Waals surface area contributed by atoms with Crippen molar-refractivity contribution in [1.82, 2.24) is 5.32 Å². The van der Waals surface area contributed by atoms with Crippen LogP contribution in [-0.2, 0) is 4.74 Å². The van der Waals surface area contributed by atoms with E-state index in [1.165, 1.54) is 19.4 Å². The topological polar surface area (TPSA) is 21.3 Å². The summed E-state index contributed by atoms with van der Waals surface area (Å²) in [4.78, 5) is 0. The van der Waals surface area contributed by atoms with Gasteiger partial charge >= 0.3 is 0 Å². The van der Waals surface area contributed by atoms with Crippen LogP contribution >= 0.6 is 0 Å². The molecule has 1 saturated heterocycles. The molecule has 0 aromatic rings. The molecule has 0 bridgehead atoms. The molecule has 11 heavy (non-hydrogen) atoms. The third kappa shape index (κ3) is 3.73. The number of rotatable bonds is 3. The van der Waals surface area contributed by atoms with Gasteiger partial charge in [-0.25, -0.2) is 0 Å². The molecule has 1 atom stereocenters. The van der Waals surface area contributed by atoms with E-state index in [9.17, 15) is 0 Å². The quantitative estimate of drug-likeness (QED) is 0.669. The Morgan fingerprint density at radius 3 is 2.91 bits per heavy atom. The predicted molar refractivity (Wildman–Crippen MR) is 46.7 cm³/mol. The van der Waals surface area contributed by atoms with Gasteiger partial charge in [-0.1, -0.05) is 13.8 Å². The highest BCUT2D eigenvalue weighted by Gasteiger charge is 2.12. The van der Waals surface area contributed by atoms with E-state index in [-0.39, 0.29) is 0 Å². The van der Waals surface area contributed by atoms with Crippen LogP contribution in [0.2, 0.25) is 0 Å². The molecule has 0 unspecified atom stereocenters. The van der Waals surface area contributed by atoms with Gasteiger partial charge in [-0.2, -0.15) is 0 Å². The molecule has 0 radical (unpaired) electrons. The first kappa shape index (κ1) is 9.01. The van der Waals surface area contributed by atoms with Gasteiger partial charge in [-0.3, -0.25) is 0 Å². The molecule has 0 aromatic carbocycles. The summed E-state index contributed by atoms with van der Waals surface area (Å²) in [5, 5.41) is 3.33. The van der Waals surface area contributed by atoms with E-state index in [1.807, 2.05) is 0 Å². The zero-order valence-electron chi connectivity index (χ0n) is 7.60. The molecule has 1 aliphatic heterocycles. The van der Waals surface area contributed by atoms with Crippen LogP contribution in [0.25, 0.3) is 0 Å². The summed E-state index contributed by atoms with van der Waals surface area (Å²) >= 11 is 0. The highest BCUT2D eigenvalue weighted by molar-refractivity contribution is 4.68. The molecule has 66 valence electrons. The van der Waals surface area contributed by atoms with E-state index < -0.39 is 0 Å². The zero-order valence-corrected chi connectivity index (χ0v) is 7.60. The minimum atomic E-state index is 0.478. The number of nitrogens with one attached hydrogen (secondary N) is 1. The highest BCUT2D eigenvalue weighted by Crippen LogP contribution is 2.07. The first-order valence-electron chi connectivity index (χ1n) is 4.61. The van der Waals surface area contributed by atoms with Crippen molar-refractivity contribution < 1.29 is 4.74 Å². The molecule has 0 aromatic heterocycles. The van der Waals surface area contributed by atoms with Crippen molar-refractivity contribution in [2.24, 2.45) is 5.92 Å². The molecule has 1 heterocycles. The van der Waals surface area contributed by atoms with Gasteiger partial charge in [0.15, 0.2) is 0 Å². The van der Waals surface area contributed by atoms with Gasteiger partial charge < -0.3 is 10.1 Å². The molecule has 0 aliphatic carbocycles. The van der Waals surface area contributed by atoms with Crippen molar-refractivity contribution in [2.45, 2.75) is 32.8 Å². The summed E-state index contributed by atoms with van der Waals surface area (Å²) in [7, 11) is 0. The van der Waals surface area contributed by atoms with Gasteiger partial charge in [0.05, 0.1) is 6.10 Å². The third-order valence-corrected chi connectivity index (χ3v) is 1.92. The number of ether oxygens (including phenoxy) is 1. The average Bonchev–Trinajstić information content (AvgIpc) is 2.03. The van der Waals surface area contributed by atoms with E-state index in [0.717, 1.165) is 13.2 Å². The molecule has 1 aliphatic rings. The second-order valence-corrected chi connectivity index (χ2v) is 3.70. The summed E-state index contributed by atoms with van der Waals surface area (Å²) in [6.07, 6.45) is 2.98. The van der Waals surface area contributed by atoms with E-state index in [4.69, 9.17) is 4.74 Å². The van der Waals surface area contributed by atoms with E-state index in [0.29, 0.717) is 12.0 Å². The SMILES string of the molecule is CC(C)CO[C@H]1CCCNC1. The Morgan fingerprint density at radius 1 is 1.55 bits per heavy atom. The first-order chi connectivity index (χ1) is 5.29. The van der Waals surface area contributed by atoms with Crippen LogP contribution in [0.1, 0.15) is 26.7 Å². The summed E-state index contributed by atoms with van der Waals surface area (Å²) in [6.45, 7) is 7.51. The molecule has 0 spiro atoms. The number of hydrogen-bond donors (Lipinski definition) is 1. The summed E-state index contributed by atoms with van der Waals surface area (Å²) in [5.74, 6) is 0.664. The Labute approximate surface area is 69.3 Å². The van der Waals surface area contributed by atoms with E-state index >= 15 is 0 Å². The maximum Gasteiger partial charge on any atom is 0.0700 e. The second-order valence-electron chi connectivity index (χ2n) is 3.70. The molecule has 1 rings (SSSR count).